The molecule has 1 unspecified atom stereocenters. The van der Waals surface area contributed by atoms with Crippen molar-refractivity contribution in [2.45, 2.75) is 4.75 Å². The normalized spacial score (nSPS) is 16.3. The summed E-state index contributed by atoms with van der Waals surface area (Å²) < 4.78 is 18.3. The lowest BCUT2D eigenvalue weighted by atomic mass is 10.3. The highest BCUT2D eigenvalue weighted by Crippen LogP contribution is 2.04. The first kappa shape index (κ1) is 6.85. The third kappa shape index (κ3) is 2.53. The second kappa shape index (κ2) is 1.76. The van der Waals surface area contributed by atoms with Crippen molar-refractivity contribution in [3.05, 3.63) is 20.8 Å². The van der Waals surface area contributed by atoms with Gasteiger partial charge in [0.2, 0.25) is 0 Å². The van der Waals surface area contributed by atoms with E-state index in [4.69, 9.17) is 0 Å². The van der Waals surface area contributed by atoms with E-state index in [0.717, 1.165) is 0 Å². The fraction of sp³-hybridized carbons (Fsp3) is 0.250. The maximum atomic E-state index is 9.83. The van der Waals surface area contributed by atoms with Crippen molar-refractivity contribution in [1.29, 1.82) is 0 Å². The molecule has 0 aromatic rings. The summed E-state index contributed by atoms with van der Waals surface area (Å²) in [6, 6.07) is 0. The van der Waals surface area contributed by atoms with Gasteiger partial charge in [0.1, 0.15) is 0 Å². The van der Waals surface area contributed by atoms with Crippen LogP contribution in [0, 0.1) is 20.8 Å². The molecular weight excluding hydrogens is 112 g/mol. The van der Waals surface area contributed by atoms with Crippen LogP contribution in [-0.4, -0.2) is 13.5 Å². The Morgan fingerprint density at radius 1 is 1.71 bits per heavy atom. The van der Waals surface area contributed by atoms with Gasteiger partial charge < -0.3 is 4.55 Å². The maximum Gasteiger partial charge on any atom is 0.179 e. The van der Waals surface area contributed by atoms with Crippen LogP contribution in [0.25, 0.3) is 0 Å². The van der Waals surface area contributed by atoms with Crippen LogP contribution in [0.5, 0.6) is 0 Å². The number of rotatable bonds is 1. The molecular formula is C4H6O2S. The zero-order chi connectivity index (χ0) is 6.08. The van der Waals surface area contributed by atoms with E-state index in [9.17, 15) is 8.76 Å². The monoisotopic (exact) mass is 118 g/mol. The highest BCUT2D eigenvalue weighted by atomic mass is 32.2. The van der Waals surface area contributed by atoms with Crippen LogP contribution in [0.1, 0.15) is 0 Å². The predicted octanol–water partition coefficient (Wildman–Crippen LogP) is 0.107. The molecule has 40 valence electrons. The molecule has 0 fully saturated rings. The lowest BCUT2D eigenvalue weighted by molar-refractivity contribution is 0.526. The molecule has 0 bridgehead atoms. The van der Waals surface area contributed by atoms with Crippen LogP contribution in [0.2, 0.25) is 0 Å². The molecule has 0 aliphatic heterocycles. The Bertz CT molecular complexity index is 82.2. The van der Waals surface area contributed by atoms with Gasteiger partial charge in [-0.1, -0.05) is 0 Å². The third-order valence-corrected chi connectivity index (χ3v) is 1.06. The van der Waals surface area contributed by atoms with E-state index in [1.807, 2.05) is 0 Å². The van der Waals surface area contributed by atoms with Crippen molar-refractivity contribution in [2.75, 3.05) is 0 Å². The molecule has 0 heterocycles. The molecule has 0 saturated heterocycles. The smallest absolute Gasteiger partial charge is 0.179 e. The summed E-state index contributed by atoms with van der Waals surface area (Å²) in [6.07, 6.45) is 0. The van der Waals surface area contributed by atoms with E-state index >= 15 is 0 Å². The molecule has 0 saturated carbocycles. The van der Waals surface area contributed by atoms with E-state index in [-0.39, 0.29) is 0 Å². The first-order valence-electron chi connectivity index (χ1n) is 1.60. The second-order valence-corrected chi connectivity index (χ2v) is 2.75. The van der Waals surface area contributed by atoms with Crippen LogP contribution in [0.3, 0.4) is 0 Å². The van der Waals surface area contributed by atoms with Gasteiger partial charge in [0.25, 0.3) is 0 Å². The van der Waals surface area contributed by atoms with Gasteiger partial charge in [-0.25, -0.2) is 6.92 Å². The summed E-state index contributed by atoms with van der Waals surface area (Å²) in [6.45, 7) is 9.41. The topological polar surface area (TPSA) is 40.1 Å². The minimum atomic E-state index is -2.27. The SMILES string of the molecule is [CH2+]C([CH2+])([CH2-])S(=O)[O-]. The zero-order valence-electron chi connectivity index (χ0n) is 3.85. The summed E-state index contributed by atoms with van der Waals surface area (Å²) in [5, 5.41) is 0. The molecule has 1 atom stereocenters. The number of hydrogen-bond acceptors (Lipinski definition) is 2. The van der Waals surface area contributed by atoms with Crippen LogP contribution in [-0.2, 0) is 11.1 Å². The Balaban J connectivity index is 3.79. The molecule has 0 aromatic heterocycles. The van der Waals surface area contributed by atoms with Crippen LogP contribution >= 0.6 is 0 Å². The fourth-order valence-corrected chi connectivity index (χ4v) is 0. The summed E-state index contributed by atoms with van der Waals surface area (Å²) in [7, 11) is 0. The average Bonchev–Trinajstić information content (AvgIpc) is 1.31. The minimum absolute atomic E-state index is 1.33. The van der Waals surface area contributed by atoms with Crippen molar-refractivity contribution < 1.29 is 8.76 Å². The Morgan fingerprint density at radius 2 is 1.86 bits per heavy atom. The predicted molar refractivity (Wildman–Crippen MR) is 27.7 cm³/mol. The quantitative estimate of drug-likeness (QED) is 0.362. The van der Waals surface area contributed by atoms with Gasteiger partial charge in [-0.2, -0.15) is 0 Å². The van der Waals surface area contributed by atoms with Crippen molar-refractivity contribution in [1.82, 2.24) is 0 Å². The molecule has 0 aliphatic rings. The standard InChI is InChI=1S/C4H6O2S/c1-4(2,3)7(5)6/h1-3H2. The minimum Gasteiger partial charge on any atom is -0.768 e. The lowest BCUT2D eigenvalue weighted by Crippen LogP contribution is -2.22. The highest BCUT2D eigenvalue weighted by molar-refractivity contribution is 7.81. The molecule has 0 rings (SSSR count). The van der Waals surface area contributed by atoms with E-state index in [1.54, 1.807) is 0 Å². The molecule has 0 aromatic carbocycles. The lowest BCUT2D eigenvalue weighted by Gasteiger charge is -2.13. The molecule has 0 spiro atoms. The first-order chi connectivity index (χ1) is 2.94. The van der Waals surface area contributed by atoms with Gasteiger partial charge in [0.15, 0.2) is 4.75 Å². The van der Waals surface area contributed by atoms with Gasteiger partial charge >= 0.3 is 0 Å². The second-order valence-electron chi connectivity index (χ2n) is 1.42. The Hall–Kier alpha value is -0.150. The Labute approximate surface area is 46.2 Å². The molecule has 2 nitrogen and oxygen atoms in total. The van der Waals surface area contributed by atoms with Gasteiger partial charge in [0, 0.05) is 11.1 Å². The Kier molecular flexibility index (Phi) is 1.72. The maximum absolute atomic E-state index is 9.83. The van der Waals surface area contributed by atoms with E-state index < -0.39 is 15.8 Å². The molecule has 0 amide bonds. The van der Waals surface area contributed by atoms with Gasteiger partial charge in [-0.15, -0.1) is 0 Å². The van der Waals surface area contributed by atoms with Crippen LogP contribution in [0.15, 0.2) is 0 Å². The molecule has 0 aliphatic carbocycles. The van der Waals surface area contributed by atoms with E-state index in [2.05, 4.69) is 20.8 Å². The molecule has 7 heavy (non-hydrogen) atoms. The van der Waals surface area contributed by atoms with Crippen molar-refractivity contribution in [3.8, 4) is 0 Å². The first-order valence-corrected chi connectivity index (χ1v) is 2.67. The van der Waals surface area contributed by atoms with Crippen LogP contribution < -0.4 is 0 Å². The molecule has 0 radical (unpaired) electrons. The third-order valence-electron chi connectivity index (χ3n) is 0.354. The Morgan fingerprint density at radius 3 is 1.86 bits per heavy atom. The van der Waals surface area contributed by atoms with Crippen molar-refractivity contribution in [2.24, 2.45) is 0 Å². The van der Waals surface area contributed by atoms with E-state index in [0.29, 0.717) is 0 Å². The van der Waals surface area contributed by atoms with Gasteiger partial charge in [-0.3, -0.25) is 4.21 Å². The molecule has 0 N–H and O–H groups in total. The summed E-state index contributed by atoms with van der Waals surface area (Å²) in [4.78, 5) is 0. The van der Waals surface area contributed by atoms with Crippen LogP contribution in [0.4, 0.5) is 0 Å². The number of hydrogen-bond donors (Lipinski definition) is 0. The highest BCUT2D eigenvalue weighted by Gasteiger charge is 2.18. The van der Waals surface area contributed by atoms with Gasteiger partial charge in [-0.05, 0) is 0 Å². The van der Waals surface area contributed by atoms with Crippen molar-refractivity contribution in [3.63, 3.8) is 0 Å². The average molecular weight is 118 g/mol. The summed E-state index contributed by atoms with van der Waals surface area (Å²) in [5.41, 5.74) is 0. The largest absolute Gasteiger partial charge is 0.768 e. The van der Waals surface area contributed by atoms with E-state index in [1.165, 1.54) is 0 Å². The fourth-order valence-electron chi connectivity index (χ4n) is 0. The van der Waals surface area contributed by atoms with Crippen molar-refractivity contribution >= 4 is 11.1 Å². The molecule has 3 heteroatoms. The summed E-state index contributed by atoms with van der Waals surface area (Å²) in [5.74, 6) is 0. The van der Waals surface area contributed by atoms with Gasteiger partial charge in [0.05, 0.1) is 13.8 Å². The summed E-state index contributed by atoms with van der Waals surface area (Å²) >= 11 is -2.27. The zero-order valence-corrected chi connectivity index (χ0v) is 4.66.